The number of aliphatic carboxylic acids is 2. The fourth-order valence-electron chi connectivity index (χ4n) is 6.30. The Morgan fingerprint density at radius 3 is 2.34 bits per heavy atom. The van der Waals surface area contributed by atoms with Gasteiger partial charge in [-0.15, -0.1) is 0 Å². The minimum atomic E-state index is -1.11. The summed E-state index contributed by atoms with van der Waals surface area (Å²) >= 11 is 0. The molecule has 208 valence electrons. The molecule has 0 saturated heterocycles. The number of carboxylic acids is 2. The van der Waals surface area contributed by atoms with Crippen molar-refractivity contribution in [3.8, 4) is 0 Å². The van der Waals surface area contributed by atoms with Crippen LogP contribution in [0, 0.1) is 22.7 Å². The Morgan fingerprint density at radius 2 is 1.74 bits per heavy atom. The Hall–Kier alpha value is -3.43. The van der Waals surface area contributed by atoms with Gasteiger partial charge in [0.05, 0.1) is 31.3 Å². The monoisotopic (exact) mass is 532 g/mol. The van der Waals surface area contributed by atoms with E-state index in [1.807, 2.05) is 13.0 Å². The second-order valence-electron chi connectivity index (χ2n) is 10.8. The zero-order valence-corrected chi connectivity index (χ0v) is 21.9. The Kier molecular flexibility index (Phi) is 9.17. The van der Waals surface area contributed by atoms with Crippen molar-refractivity contribution in [2.24, 2.45) is 22.7 Å². The van der Waals surface area contributed by atoms with Crippen LogP contribution in [-0.2, 0) is 38.2 Å². The predicted molar refractivity (Wildman–Crippen MR) is 134 cm³/mol. The Morgan fingerprint density at radius 1 is 1.08 bits per heavy atom. The molecule has 1 heterocycles. The van der Waals surface area contributed by atoms with Crippen LogP contribution in [0.5, 0.6) is 0 Å². The molecule has 0 amide bonds. The summed E-state index contributed by atoms with van der Waals surface area (Å²) in [6, 6.07) is 0. The van der Waals surface area contributed by atoms with Crippen LogP contribution < -0.4 is 0 Å². The standard InChI is InChI=1S/C28H36O10/c1-17-4-7-20-27(2,19(17)6-5-18-13-15-36-26(18)35)14-12-21(38-25(34)11-9-23(31)32)28(20,3)16-37-24(33)10-8-22(29)30/h5-6,13,19-21H,1,4,7-12,14-16H2,2-3H3,(H,29,30)(H,31,32)/b6-5+/t19-,20+,21-,27-,28-/m0/s1. The quantitative estimate of drug-likeness (QED) is 0.229. The molecule has 2 N–H and O–H groups in total. The van der Waals surface area contributed by atoms with Gasteiger partial charge < -0.3 is 24.4 Å². The molecule has 5 atom stereocenters. The molecular formula is C28H36O10. The van der Waals surface area contributed by atoms with Gasteiger partial charge in [-0.05, 0) is 43.1 Å². The molecule has 0 spiro atoms. The zero-order valence-electron chi connectivity index (χ0n) is 21.9. The first-order chi connectivity index (χ1) is 17.9. The molecular weight excluding hydrogens is 496 g/mol. The molecule has 3 rings (SSSR count). The maximum atomic E-state index is 12.5. The minimum absolute atomic E-state index is 0.0804. The molecule has 0 bridgehead atoms. The lowest BCUT2D eigenvalue weighted by Crippen LogP contribution is -2.58. The van der Waals surface area contributed by atoms with Crippen molar-refractivity contribution in [2.45, 2.75) is 71.3 Å². The molecule has 0 radical (unpaired) electrons. The number of esters is 3. The van der Waals surface area contributed by atoms with Crippen LogP contribution in [0.15, 0.2) is 36.0 Å². The third-order valence-electron chi connectivity index (χ3n) is 8.30. The van der Waals surface area contributed by atoms with E-state index in [-0.39, 0.29) is 62.1 Å². The highest BCUT2D eigenvalue weighted by Gasteiger charge is 2.59. The molecule has 1 aliphatic heterocycles. The number of carboxylic acid groups (broad SMARTS) is 2. The third-order valence-corrected chi connectivity index (χ3v) is 8.30. The first-order valence-electron chi connectivity index (χ1n) is 12.9. The summed E-state index contributed by atoms with van der Waals surface area (Å²) in [5, 5.41) is 17.8. The topological polar surface area (TPSA) is 154 Å². The van der Waals surface area contributed by atoms with Gasteiger partial charge in [0, 0.05) is 11.3 Å². The van der Waals surface area contributed by atoms with Gasteiger partial charge in [0.1, 0.15) is 19.3 Å². The maximum Gasteiger partial charge on any atom is 0.338 e. The van der Waals surface area contributed by atoms with Crippen LogP contribution >= 0.6 is 0 Å². The lowest BCUT2D eigenvalue weighted by atomic mass is 9.46. The van der Waals surface area contributed by atoms with Crippen molar-refractivity contribution in [1.29, 1.82) is 0 Å². The van der Waals surface area contributed by atoms with Crippen LogP contribution in [0.1, 0.15) is 65.2 Å². The first kappa shape index (κ1) is 29.1. The summed E-state index contributed by atoms with van der Waals surface area (Å²) in [5.41, 5.74) is 0.328. The van der Waals surface area contributed by atoms with E-state index in [9.17, 15) is 24.0 Å². The Bertz CT molecular complexity index is 1060. The number of ether oxygens (including phenoxy) is 3. The van der Waals surface area contributed by atoms with Gasteiger partial charge in [0.25, 0.3) is 0 Å². The highest BCUT2D eigenvalue weighted by atomic mass is 16.6. The van der Waals surface area contributed by atoms with Crippen LogP contribution in [0.3, 0.4) is 0 Å². The van der Waals surface area contributed by atoms with Gasteiger partial charge in [-0.25, -0.2) is 4.79 Å². The molecule has 38 heavy (non-hydrogen) atoms. The van der Waals surface area contributed by atoms with E-state index in [1.165, 1.54) is 0 Å². The lowest BCUT2D eigenvalue weighted by Gasteiger charge is -2.59. The summed E-state index contributed by atoms with van der Waals surface area (Å²) in [6.45, 7) is 8.49. The van der Waals surface area contributed by atoms with Gasteiger partial charge in [0.15, 0.2) is 0 Å². The molecule has 10 heteroatoms. The van der Waals surface area contributed by atoms with Crippen LogP contribution in [0.25, 0.3) is 0 Å². The van der Waals surface area contributed by atoms with E-state index >= 15 is 0 Å². The summed E-state index contributed by atoms with van der Waals surface area (Å²) < 4.78 is 16.4. The number of allylic oxidation sites excluding steroid dienone is 2. The highest BCUT2D eigenvalue weighted by Crippen LogP contribution is 2.62. The van der Waals surface area contributed by atoms with Crippen LogP contribution in [0.2, 0.25) is 0 Å². The van der Waals surface area contributed by atoms with E-state index in [2.05, 4.69) is 13.5 Å². The number of carbonyl (C=O) groups is 5. The van der Waals surface area contributed by atoms with Crippen molar-refractivity contribution in [1.82, 2.24) is 0 Å². The summed E-state index contributed by atoms with van der Waals surface area (Å²) in [7, 11) is 0. The number of hydrogen-bond acceptors (Lipinski definition) is 8. The van der Waals surface area contributed by atoms with Gasteiger partial charge in [-0.2, -0.15) is 0 Å². The predicted octanol–water partition coefficient (Wildman–Crippen LogP) is 3.60. The van der Waals surface area contributed by atoms with Crippen molar-refractivity contribution >= 4 is 29.8 Å². The van der Waals surface area contributed by atoms with E-state index in [1.54, 1.807) is 12.2 Å². The summed E-state index contributed by atoms with van der Waals surface area (Å²) in [5.74, 6) is -4.05. The van der Waals surface area contributed by atoms with Crippen LogP contribution in [0.4, 0.5) is 0 Å². The average Bonchev–Trinajstić information content (AvgIpc) is 3.26. The Balaban J connectivity index is 1.88. The largest absolute Gasteiger partial charge is 0.481 e. The fraction of sp³-hybridized carbons (Fsp3) is 0.607. The van der Waals surface area contributed by atoms with E-state index in [0.717, 1.165) is 5.57 Å². The maximum absolute atomic E-state index is 12.5. The van der Waals surface area contributed by atoms with Crippen molar-refractivity contribution < 1.29 is 48.4 Å². The molecule has 0 aromatic heterocycles. The average molecular weight is 533 g/mol. The minimum Gasteiger partial charge on any atom is -0.481 e. The van der Waals surface area contributed by atoms with Gasteiger partial charge in [-0.3, -0.25) is 19.2 Å². The number of hydrogen-bond donors (Lipinski definition) is 2. The Labute approximate surface area is 221 Å². The highest BCUT2D eigenvalue weighted by molar-refractivity contribution is 5.93. The molecule has 2 saturated carbocycles. The zero-order chi connectivity index (χ0) is 28.1. The van der Waals surface area contributed by atoms with Gasteiger partial charge in [0.2, 0.25) is 0 Å². The number of fused-ring (bicyclic) bond motifs is 1. The van der Waals surface area contributed by atoms with E-state index in [0.29, 0.717) is 31.3 Å². The third kappa shape index (κ3) is 6.52. The second kappa shape index (κ2) is 12.0. The smallest absolute Gasteiger partial charge is 0.338 e. The fourth-order valence-corrected chi connectivity index (χ4v) is 6.30. The molecule has 0 aromatic carbocycles. The van der Waals surface area contributed by atoms with Crippen LogP contribution in [-0.4, -0.2) is 59.4 Å². The number of carbonyl (C=O) groups excluding carboxylic acids is 3. The molecule has 2 aliphatic carbocycles. The molecule has 10 nitrogen and oxygen atoms in total. The van der Waals surface area contributed by atoms with E-state index < -0.39 is 35.4 Å². The van der Waals surface area contributed by atoms with E-state index in [4.69, 9.17) is 24.4 Å². The van der Waals surface area contributed by atoms with Crippen molar-refractivity contribution in [3.05, 3.63) is 36.0 Å². The second-order valence-corrected chi connectivity index (χ2v) is 10.8. The number of cyclic esters (lactones) is 1. The molecule has 0 unspecified atom stereocenters. The normalized spacial score (nSPS) is 30.8. The van der Waals surface area contributed by atoms with Crippen molar-refractivity contribution in [3.63, 3.8) is 0 Å². The van der Waals surface area contributed by atoms with Gasteiger partial charge in [-0.1, -0.05) is 38.2 Å². The molecule has 2 fully saturated rings. The molecule has 3 aliphatic rings. The molecule has 0 aromatic rings. The van der Waals surface area contributed by atoms with Crippen molar-refractivity contribution in [2.75, 3.05) is 13.2 Å². The lowest BCUT2D eigenvalue weighted by molar-refractivity contribution is -0.192. The SMILES string of the molecule is C=C1CC[C@H]2[C@](C)(COC(=O)CCC(=O)O)[C@@H](OC(=O)CCC(=O)O)CC[C@@]2(C)[C@H]1/C=C/C1=CCOC1=O. The first-order valence-corrected chi connectivity index (χ1v) is 12.9. The summed E-state index contributed by atoms with van der Waals surface area (Å²) in [4.78, 5) is 58.6. The summed E-state index contributed by atoms with van der Waals surface area (Å²) in [6.07, 6.45) is 6.10. The number of rotatable bonds is 11. The van der Waals surface area contributed by atoms with Gasteiger partial charge >= 0.3 is 29.8 Å².